The van der Waals surface area contributed by atoms with Gasteiger partial charge < -0.3 is 20.8 Å². The molecule has 1 heterocycles. The number of carbonyl (C=O) groups excluding carboxylic acids is 1. The van der Waals surface area contributed by atoms with Crippen LogP contribution in [0.15, 0.2) is 47.3 Å². The number of phenolic OH excluding ortho intramolecular Hbond substituents is 2. The van der Waals surface area contributed by atoms with Crippen molar-refractivity contribution in [3.8, 4) is 11.5 Å². The van der Waals surface area contributed by atoms with Crippen LogP contribution in [0.5, 0.6) is 11.5 Å². The van der Waals surface area contributed by atoms with Gasteiger partial charge in [0.2, 0.25) is 5.91 Å². The van der Waals surface area contributed by atoms with Gasteiger partial charge in [0.05, 0.1) is 5.39 Å². The Morgan fingerprint density at radius 1 is 1.04 bits per heavy atom. The predicted molar refractivity (Wildman–Crippen MR) is 102 cm³/mol. The monoisotopic (exact) mass is 368 g/mol. The van der Waals surface area contributed by atoms with Gasteiger partial charge in [-0.1, -0.05) is 24.3 Å². The third kappa shape index (κ3) is 4.55. The Hall–Kier alpha value is -3.55. The molecule has 27 heavy (non-hydrogen) atoms. The molecule has 0 saturated carbocycles. The van der Waals surface area contributed by atoms with Crippen LogP contribution in [0.2, 0.25) is 0 Å². The molecule has 0 bridgehead atoms. The molecule has 3 aromatic rings. The Balaban J connectivity index is 1.46. The Bertz CT molecular complexity index is 1020. The maximum Gasteiger partial charge on any atom is 0.272 e. The molecule has 0 atom stereocenters. The summed E-state index contributed by atoms with van der Waals surface area (Å²) in [6.45, 7) is 0.851. The van der Waals surface area contributed by atoms with E-state index in [9.17, 15) is 19.8 Å². The van der Waals surface area contributed by atoms with E-state index in [1.54, 1.807) is 18.2 Å². The molecular formula is C19H20N4O4. The number of hydrogen-bond donors (Lipinski definition) is 5. The maximum atomic E-state index is 11.9. The summed E-state index contributed by atoms with van der Waals surface area (Å²) < 4.78 is 0. The van der Waals surface area contributed by atoms with E-state index < -0.39 is 0 Å². The zero-order valence-electron chi connectivity index (χ0n) is 14.5. The van der Waals surface area contributed by atoms with Crippen molar-refractivity contribution < 1.29 is 15.0 Å². The van der Waals surface area contributed by atoms with Crippen LogP contribution in [0.4, 0.5) is 5.82 Å². The van der Waals surface area contributed by atoms with Crippen LogP contribution >= 0.6 is 0 Å². The minimum Gasteiger partial charge on any atom is -0.504 e. The fourth-order valence-electron chi connectivity index (χ4n) is 2.70. The zero-order chi connectivity index (χ0) is 19.2. The van der Waals surface area contributed by atoms with Gasteiger partial charge in [-0.15, -0.1) is 0 Å². The van der Waals surface area contributed by atoms with Crippen molar-refractivity contribution in [3.05, 3.63) is 58.4 Å². The molecule has 0 aliphatic heterocycles. The van der Waals surface area contributed by atoms with Crippen LogP contribution in [0.3, 0.4) is 0 Å². The smallest absolute Gasteiger partial charge is 0.272 e. The van der Waals surface area contributed by atoms with Crippen molar-refractivity contribution in [3.63, 3.8) is 0 Å². The van der Waals surface area contributed by atoms with E-state index in [1.165, 1.54) is 12.1 Å². The highest BCUT2D eigenvalue weighted by Crippen LogP contribution is 2.25. The van der Waals surface area contributed by atoms with Gasteiger partial charge in [0, 0.05) is 24.9 Å². The molecule has 8 heteroatoms. The molecule has 0 aliphatic rings. The number of benzene rings is 2. The molecular weight excluding hydrogens is 348 g/mol. The first kappa shape index (κ1) is 18.2. The third-order valence-corrected chi connectivity index (χ3v) is 4.12. The highest BCUT2D eigenvalue weighted by atomic mass is 16.3. The lowest BCUT2D eigenvalue weighted by atomic mass is 10.1. The average Bonchev–Trinajstić information content (AvgIpc) is 2.68. The Labute approximate surface area is 154 Å². The Morgan fingerprint density at radius 3 is 2.59 bits per heavy atom. The Morgan fingerprint density at radius 2 is 1.81 bits per heavy atom. The largest absolute Gasteiger partial charge is 0.504 e. The van der Waals surface area contributed by atoms with E-state index in [1.807, 2.05) is 12.1 Å². The van der Waals surface area contributed by atoms with Crippen LogP contribution in [-0.2, 0) is 11.2 Å². The second-order valence-corrected chi connectivity index (χ2v) is 6.05. The number of aromatic amines is 1. The van der Waals surface area contributed by atoms with E-state index in [0.29, 0.717) is 30.7 Å². The van der Waals surface area contributed by atoms with Gasteiger partial charge in [-0.05, 0) is 30.2 Å². The van der Waals surface area contributed by atoms with E-state index in [4.69, 9.17) is 0 Å². The number of phenols is 2. The minimum absolute atomic E-state index is 0.122. The molecule has 1 aromatic heterocycles. The summed E-state index contributed by atoms with van der Waals surface area (Å²) >= 11 is 0. The lowest BCUT2D eigenvalue weighted by molar-refractivity contribution is -0.120. The van der Waals surface area contributed by atoms with E-state index >= 15 is 0 Å². The first-order chi connectivity index (χ1) is 13.0. The van der Waals surface area contributed by atoms with Gasteiger partial charge in [-0.3, -0.25) is 9.59 Å². The van der Waals surface area contributed by atoms with Crippen molar-refractivity contribution in [2.45, 2.75) is 12.8 Å². The van der Waals surface area contributed by atoms with Crippen molar-refractivity contribution in [1.29, 1.82) is 0 Å². The quantitative estimate of drug-likeness (QED) is 0.318. The number of fused-ring (bicyclic) bond motifs is 1. The predicted octanol–water partition coefficient (Wildman–Crippen LogP) is 1.50. The molecule has 0 aliphatic carbocycles. The van der Waals surface area contributed by atoms with Crippen LogP contribution in [0.25, 0.3) is 10.8 Å². The molecule has 3 rings (SSSR count). The van der Waals surface area contributed by atoms with Gasteiger partial charge in [-0.25, -0.2) is 5.10 Å². The fourth-order valence-corrected chi connectivity index (χ4v) is 2.70. The van der Waals surface area contributed by atoms with Crippen LogP contribution in [0.1, 0.15) is 12.0 Å². The van der Waals surface area contributed by atoms with Crippen LogP contribution < -0.4 is 16.2 Å². The van der Waals surface area contributed by atoms with E-state index in [2.05, 4.69) is 20.8 Å². The second-order valence-electron chi connectivity index (χ2n) is 6.05. The number of H-pyrrole nitrogens is 1. The average molecular weight is 368 g/mol. The second kappa shape index (κ2) is 8.22. The van der Waals surface area contributed by atoms with Crippen molar-refractivity contribution >= 4 is 22.5 Å². The summed E-state index contributed by atoms with van der Waals surface area (Å²) in [5, 5.41) is 32.4. The molecule has 140 valence electrons. The lowest BCUT2D eigenvalue weighted by Crippen LogP contribution is -2.29. The molecule has 5 N–H and O–H groups in total. The molecule has 0 radical (unpaired) electrons. The summed E-state index contributed by atoms with van der Waals surface area (Å²) in [5.41, 5.74) is 0.521. The number of aromatic hydroxyl groups is 2. The van der Waals surface area contributed by atoms with Gasteiger partial charge in [-0.2, -0.15) is 5.10 Å². The Kier molecular flexibility index (Phi) is 5.55. The van der Waals surface area contributed by atoms with E-state index in [0.717, 1.165) is 10.9 Å². The molecule has 1 amide bonds. The SMILES string of the molecule is O=C(CCc1ccc(O)c(O)c1)NCCNc1n[nH]c(=O)c2ccccc12. The number of nitrogens with one attached hydrogen (secondary N) is 3. The highest BCUT2D eigenvalue weighted by molar-refractivity contribution is 5.90. The highest BCUT2D eigenvalue weighted by Gasteiger charge is 2.07. The number of nitrogens with zero attached hydrogens (tertiary/aromatic N) is 1. The van der Waals surface area contributed by atoms with Crippen LogP contribution in [0, 0.1) is 0 Å². The number of hydrogen-bond acceptors (Lipinski definition) is 6. The first-order valence-electron chi connectivity index (χ1n) is 8.53. The molecule has 0 spiro atoms. The summed E-state index contributed by atoms with van der Waals surface area (Å²) in [6.07, 6.45) is 0.725. The van der Waals surface area contributed by atoms with Crippen LogP contribution in [-0.4, -0.2) is 39.4 Å². The fraction of sp³-hybridized carbons (Fsp3) is 0.211. The lowest BCUT2D eigenvalue weighted by Gasteiger charge is -2.09. The number of anilines is 1. The van der Waals surface area contributed by atoms with Gasteiger partial charge in [0.1, 0.15) is 0 Å². The topological polar surface area (TPSA) is 127 Å². The number of aromatic nitrogens is 2. The minimum atomic E-state index is -0.246. The molecule has 0 unspecified atom stereocenters. The summed E-state index contributed by atoms with van der Waals surface area (Å²) in [4.78, 5) is 23.7. The number of carbonyl (C=O) groups is 1. The van der Waals surface area contributed by atoms with Crippen molar-refractivity contribution in [2.75, 3.05) is 18.4 Å². The van der Waals surface area contributed by atoms with Crippen molar-refractivity contribution in [2.24, 2.45) is 0 Å². The normalized spacial score (nSPS) is 10.7. The first-order valence-corrected chi connectivity index (χ1v) is 8.53. The molecule has 2 aromatic carbocycles. The summed E-state index contributed by atoms with van der Waals surface area (Å²) in [7, 11) is 0. The zero-order valence-corrected chi connectivity index (χ0v) is 14.5. The molecule has 0 fully saturated rings. The van der Waals surface area contributed by atoms with E-state index in [-0.39, 0.29) is 29.4 Å². The number of rotatable bonds is 7. The van der Waals surface area contributed by atoms with Crippen molar-refractivity contribution in [1.82, 2.24) is 15.5 Å². The van der Waals surface area contributed by atoms with Gasteiger partial charge in [0.15, 0.2) is 17.3 Å². The molecule has 8 nitrogen and oxygen atoms in total. The number of aryl methyl sites for hydroxylation is 1. The van der Waals surface area contributed by atoms with Gasteiger partial charge in [0.25, 0.3) is 5.56 Å². The summed E-state index contributed by atoms with van der Waals surface area (Å²) in [6, 6.07) is 11.7. The standard InChI is InChI=1S/C19H20N4O4/c24-15-7-5-12(11-16(15)25)6-8-17(26)20-9-10-21-18-13-3-1-2-4-14(13)19(27)23-22-18/h1-5,7,11,24-25H,6,8-10H2,(H,20,26)(H,21,22)(H,23,27). The summed E-state index contributed by atoms with van der Waals surface area (Å²) in [5.74, 6) is 0.0538. The third-order valence-electron chi connectivity index (χ3n) is 4.12. The maximum absolute atomic E-state index is 11.9. The molecule has 0 saturated heterocycles. The van der Waals surface area contributed by atoms with Gasteiger partial charge >= 0.3 is 0 Å². The number of amides is 1.